The van der Waals surface area contributed by atoms with Gasteiger partial charge in [0, 0.05) is 26.4 Å². The maximum Gasteiger partial charge on any atom is 0.254 e. The lowest BCUT2D eigenvalue weighted by Gasteiger charge is -2.10. The Balaban J connectivity index is 2.08. The van der Waals surface area contributed by atoms with E-state index in [9.17, 15) is 4.79 Å². The Morgan fingerprint density at radius 2 is 1.85 bits per heavy atom. The smallest absolute Gasteiger partial charge is 0.254 e. The molecule has 0 spiro atoms. The first-order valence-electron chi connectivity index (χ1n) is 6.54. The van der Waals surface area contributed by atoms with Gasteiger partial charge in [-0.2, -0.15) is 0 Å². The fourth-order valence-corrected chi connectivity index (χ4v) is 1.74. The molecule has 20 heavy (non-hydrogen) atoms. The minimum Gasteiger partial charge on any atom is -0.439 e. The zero-order valence-electron chi connectivity index (χ0n) is 12.0. The highest BCUT2D eigenvalue weighted by molar-refractivity contribution is 5.93. The standard InChI is InChI=1S/C16H18N2O2/c1-4-12-5-8-14(9-6-12)20-15-10-7-13(11-17-15)16(19)18(2)3/h5-11H,4H2,1-3H3. The summed E-state index contributed by atoms with van der Waals surface area (Å²) >= 11 is 0. The van der Waals surface area contributed by atoms with Crippen molar-refractivity contribution in [3.63, 3.8) is 0 Å². The molecule has 0 saturated heterocycles. The number of aromatic nitrogens is 1. The fourth-order valence-electron chi connectivity index (χ4n) is 1.74. The molecule has 0 atom stereocenters. The minimum atomic E-state index is -0.0728. The highest BCUT2D eigenvalue weighted by Gasteiger charge is 2.08. The lowest BCUT2D eigenvalue weighted by Crippen LogP contribution is -2.21. The van der Waals surface area contributed by atoms with E-state index in [-0.39, 0.29) is 5.91 Å². The SMILES string of the molecule is CCc1ccc(Oc2ccc(C(=O)N(C)C)cn2)cc1. The molecule has 0 bridgehead atoms. The van der Waals surface area contributed by atoms with Gasteiger partial charge in [-0.05, 0) is 30.2 Å². The van der Waals surface area contributed by atoms with Crippen LogP contribution in [0.15, 0.2) is 42.6 Å². The summed E-state index contributed by atoms with van der Waals surface area (Å²) in [4.78, 5) is 17.4. The topological polar surface area (TPSA) is 42.4 Å². The molecule has 1 amide bonds. The first-order valence-corrected chi connectivity index (χ1v) is 6.54. The first kappa shape index (κ1) is 14.1. The van der Waals surface area contributed by atoms with E-state index in [0.29, 0.717) is 11.4 Å². The van der Waals surface area contributed by atoms with Gasteiger partial charge in [0.1, 0.15) is 5.75 Å². The van der Waals surface area contributed by atoms with Crippen LogP contribution in [0.5, 0.6) is 11.6 Å². The number of rotatable bonds is 4. The molecule has 0 radical (unpaired) electrons. The van der Waals surface area contributed by atoms with E-state index in [0.717, 1.165) is 12.2 Å². The molecule has 0 N–H and O–H groups in total. The number of hydrogen-bond donors (Lipinski definition) is 0. The normalized spacial score (nSPS) is 10.2. The molecule has 1 heterocycles. The molecule has 0 unspecified atom stereocenters. The highest BCUT2D eigenvalue weighted by atomic mass is 16.5. The van der Waals surface area contributed by atoms with Crippen LogP contribution in [-0.2, 0) is 6.42 Å². The van der Waals surface area contributed by atoms with Crippen LogP contribution in [0.4, 0.5) is 0 Å². The summed E-state index contributed by atoms with van der Waals surface area (Å²) in [6.45, 7) is 2.11. The minimum absolute atomic E-state index is 0.0728. The van der Waals surface area contributed by atoms with Gasteiger partial charge in [0.05, 0.1) is 5.56 Å². The summed E-state index contributed by atoms with van der Waals surface area (Å²) < 4.78 is 5.64. The number of pyridine rings is 1. The van der Waals surface area contributed by atoms with Gasteiger partial charge in [0.25, 0.3) is 5.91 Å². The van der Waals surface area contributed by atoms with Crippen molar-refractivity contribution < 1.29 is 9.53 Å². The second kappa shape index (κ2) is 6.19. The highest BCUT2D eigenvalue weighted by Crippen LogP contribution is 2.20. The summed E-state index contributed by atoms with van der Waals surface area (Å²) in [5, 5.41) is 0. The number of nitrogens with zero attached hydrogens (tertiary/aromatic N) is 2. The Morgan fingerprint density at radius 3 is 2.35 bits per heavy atom. The lowest BCUT2D eigenvalue weighted by atomic mass is 10.2. The average Bonchev–Trinajstić information content (AvgIpc) is 2.48. The van der Waals surface area contributed by atoms with Crippen molar-refractivity contribution in [3.05, 3.63) is 53.7 Å². The van der Waals surface area contributed by atoms with Crippen LogP contribution in [0.2, 0.25) is 0 Å². The molecule has 4 nitrogen and oxygen atoms in total. The number of carbonyl (C=O) groups is 1. The van der Waals surface area contributed by atoms with Crippen LogP contribution in [0.1, 0.15) is 22.8 Å². The molecule has 0 aliphatic carbocycles. The number of amides is 1. The molecule has 0 aliphatic heterocycles. The molecule has 1 aromatic carbocycles. The predicted octanol–water partition coefficient (Wildman–Crippen LogP) is 3.14. The van der Waals surface area contributed by atoms with Crippen molar-refractivity contribution in [3.8, 4) is 11.6 Å². The Bertz CT molecular complexity index is 574. The van der Waals surface area contributed by atoms with Gasteiger partial charge in [-0.3, -0.25) is 4.79 Å². The van der Waals surface area contributed by atoms with E-state index in [1.807, 2.05) is 24.3 Å². The van der Waals surface area contributed by atoms with Crippen LogP contribution in [-0.4, -0.2) is 29.9 Å². The van der Waals surface area contributed by atoms with Crippen molar-refractivity contribution in [2.45, 2.75) is 13.3 Å². The van der Waals surface area contributed by atoms with Crippen molar-refractivity contribution in [2.75, 3.05) is 14.1 Å². The van der Waals surface area contributed by atoms with Crippen molar-refractivity contribution in [1.82, 2.24) is 9.88 Å². The van der Waals surface area contributed by atoms with Crippen molar-refractivity contribution >= 4 is 5.91 Å². The first-order chi connectivity index (χ1) is 9.60. The van der Waals surface area contributed by atoms with E-state index in [1.54, 1.807) is 26.2 Å². The van der Waals surface area contributed by atoms with Crippen molar-refractivity contribution in [1.29, 1.82) is 0 Å². The molecule has 0 aliphatic rings. The molecular weight excluding hydrogens is 252 g/mol. The van der Waals surface area contributed by atoms with Gasteiger partial charge in [-0.15, -0.1) is 0 Å². The van der Waals surface area contributed by atoms with Gasteiger partial charge in [-0.1, -0.05) is 19.1 Å². The summed E-state index contributed by atoms with van der Waals surface area (Å²) in [5.74, 6) is 1.14. The van der Waals surface area contributed by atoms with Gasteiger partial charge in [-0.25, -0.2) is 4.98 Å². The Labute approximate surface area is 119 Å². The second-order valence-corrected chi connectivity index (χ2v) is 4.68. The van der Waals surface area contributed by atoms with Crippen LogP contribution < -0.4 is 4.74 Å². The third kappa shape index (κ3) is 3.35. The third-order valence-corrected chi connectivity index (χ3v) is 2.94. The summed E-state index contributed by atoms with van der Waals surface area (Å²) in [5.41, 5.74) is 1.81. The summed E-state index contributed by atoms with van der Waals surface area (Å²) in [7, 11) is 3.42. The predicted molar refractivity (Wildman–Crippen MR) is 78.1 cm³/mol. The van der Waals surface area contributed by atoms with Crippen LogP contribution in [0.3, 0.4) is 0 Å². The Hall–Kier alpha value is -2.36. The second-order valence-electron chi connectivity index (χ2n) is 4.68. The van der Waals surface area contributed by atoms with E-state index in [4.69, 9.17) is 4.74 Å². The Morgan fingerprint density at radius 1 is 1.15 bits per heavy atom. The molecule has 104 valence electrons. The monoisotopic (exact) mass is 270 g/mol. The fraction of sp³-hybridized carbons (Fsp3) is 0.250. The van der Waals surface area contributed by atoms with E-state index < -0.39 is 0 Å². The molecule has 2 rings (SSSR count). The molecule has 2 aromatic rings. The number of ether oxygens (including phenoxy) is 1. The largest absolute Gasteiger partial charge is 0.439 e. The summed E-state index contributed by atoms with van der Waals surface area (Å²) in [6, 6.07) is 11.3. The maximum absolute atomic E-state index is 11.7. The summed E-state index contributed by atoms with van der Waals surface area (Å²) in [6.07, 6.45) is 2.53. The van der Waals surface area contributed by atoms with E-state index in [1.165, 1.54) is 16.7 Å². The van der Waals surface area contributed by atoms with Crippen LogP contribution in [0.25, 0.3) is 0 Å². The molecule has 0 saturated carbocycles. The van der Waals surface area contributed by atoms with Gasteiger partial charge in [0.2, 0.25) is 5.88 Å². The average molecular weight is 270 g/mol. The lowest BCUT2D eigenvalue weighted by molar-refractivity contribution is 0.0827. The third-order valence-electron chi connectivity index (χ3n) is 2.94. The van der Waals surface area contributed by atoms with Gasteiger partial charge in [0.15, 0.2) is 0 Å². The number of carbonyl (C=O) groups excluding carboxylic acids is 1. The van der Waals surface area contributed by atoms with Crippen molar-refractivity contribution in [2.24, 2.45) is 0 Å². The van der Waals surface area contributed by atoms with Gasteiger partial charge >= 0.3 is 0 Å². The number of aryl methyl sites for hydroxylation is 1. The van der Waals surface area contributed by atoms with E-state index in [2.05, 4.69) is 11.9 Å². The molecular formula is C16H18N2O2. The van der Waals surface area contributed by atoms with E-state index >= 15 is 0 Å². The van der Waals surface area contributed by atoms with Crippen LogP contribution >= 0.6 is 0 Å². The van der Waals surface area contributed by atoms with Gasteiger partial charge < -0.3 is 9.64 Å². The quantitative estimate of drug-likeness (QED) is 0.857. The molecule has 4 heteroatoms. The molecule has 1 aromatic heterocycles. The number of benzene rings is 1. The zero-order chi connectivity index (χ0) is 14.5. The molecule has 0 fully saturated rings. The zero-order valence-corrected chi connectivity index (χ0v) is 12.0. The Kier molecular flexibility index (Phi) is 4.35. The van der Waals surface area contributed by atoms with Crippen LogP contribution in [0, 0.1) is 0 Å². The maximum atomic E-state index is 11.7. The number of hydrogen-bond acceptors (Lipinski definition) is 3.